The standard InChI is InChI=1S/C20H20O4/c1-2-3-12-23-18(21)13-17-16-11-7-10-15(19(16)20(22)24-17)14-8-5-4-6-9-14/h4-11,17H,2-3,12-13H2,1H3. The van der Waals surface area contributed by atoms with Crippen LogP contribution in [0.25, 0.3) is 11.1 Å². The maximum absolute atomic E-state index is 12.3. The quantitative estimate of drug-likeness (QED) is 0.587. The SMILES string of the molecule is CCCCOC(=O)CC1OC(=O)c2c(-c3ccccc3)cccc21. The van der Waals surface area contributed by atoms with E-state index in [-0.39, 0.29) is 18.4 Å². The second-order valence-electron chi connectivity index (χ2n) is 5.81. The van der Waals surface area contributed by atoms with Crippen LogP contribution in [0.5, 0.6) is 0 Å². The van der Waals surface area contributed by atoms with Crippen LogP contribution in [0.2, 0.25) is 0 Å². The van der Waals surface area contributed by atoms with Gasteiger partial charge < -0.3 is 9.47 Å². The molecule has 1 unspecified atom stereocenters. The summed E-state index contributed by atoms with van der Waals surface area (Å²) in [5.74, 6) is -0.713. The van der Waals surface area contributed by atoms with Crippen LogP contribution in [0.15, 0.2) is 48.5 Å². The zero-order chi connectivity index (χ0) is 16.9. The van der Waals surface area contributed by atoms with Gasteiger partial charge in [-0.25, -0.2) is 4.79 Å². The van der Waals surface area contributed by atoms with Crippen LogP contribution in [-0.2, 0) is 14.3 Å². The zero-order valence-corrected chi connectivity index (χ0v) is 13.7. The first kappa shape index (κ1) is 16.2. The van der Waals surface area contributed by atoms with E-state index in [2.05, 4.69) is 0 Å². The highest BCUT2D eigenvalue weighted by atomic mass is 16.6. The number of esters is 2. The Labute approximate surface area is 141 Å². The van der Waals surface area contributed by atoms with Gasteiger partial charge in [-0.2, -0.15) is 0 Å². The van der Waals surface area contributed by atoms with Crippen molar-refractivity contribution in [3.05, 3.63) is 59.7 Å². The van der Waals surface area contributed by atoms with E-state index in [9.17, 15) is 9.59 Å². The van der Waals surface area contributed by atoms with Crippen LogP contribution in [0, 0.1) is 0 Å². The first-order chi connectivity index (χ1) is 11.7. The smallest absolute Gasteiger partial charge is 0.339 e. The average Bonchev–Trinajstić information content (AvgIpc) is 2.92. The molecule has 0 N–H and O–H groups in total. The number of hydrogen-bond acceptors (Lipinski definition) is 4. The van der Waals surface area contributed by atoms with Gasteiger partial charge in [0.05, 0.1) is 18.6 Å². The molecule has 24 heavy (non-hydrogen) atoms. The summed E-state index contributed by atoms with van der Waals surface area (Å²) in [7, 11) is 0. The van der Waals surface area contributed by atoms with Crippen molar-refractivity contribution in [2.75, 3.05) is 6.61 Å². The molecular formula is C20H20O4. The number of rotatable bonds is 6. The van der Waals surface area contributed by atoms with Crippen LogP contribution in [0.1, 0.15) is 48.2 Å². The minimum atomic E-state index is -0.565. The van der Waals surface area contributed by atoms with Crippen molar-refractivity contribution in [2.24, 2.45) is 0 Å². The highest BCUT2D eigenvalue weighted by Crippen LogP contribution is 2.38. The molecule has 0 aromatic heterocycles. The normalized spacial score (nSPS) is 15.7. The predicted molar refractivity (Wildman–Crippen MR) is 90.5 cm³/mol. The Balaban J connectivity index is 1.83. The summed E-state index contributed by atoms with van der Waals surface area (Å²) < 4.78 is 10.6. The maximum atomic E-state index is 12.3. The van der Waals surface area contributed by atoms with Crippen LogP contribution in [0.4, 0.5) is 0 Å². The van der Waals surface area contributed by atoms with Gasteiger partial charge in [0.25, 0.3) is 0 Å². The van der Waals surface area contributed by atoms with E-state index in [1.807, 2.05) is 55.5 Å². The molecule has 124 valence electrons. The number of unbranched alkanes of at least 4 members (excludes halogenated alkanes) is 1. The van der Waals surface area contributed by atoms with Crippen molar-refractivity contribution in [1.29, 1.82) is 0 Å². The minimum absolute atomic E-state index is 0.0562. The molecule has 0 spiro atoms. The molecule has 1 aliphatic rings. The van der Waals surface area contributed by atoms with Crippen LogP contribution < -0.4 is 0 Å². The lowest BCUT2D eigenvalue weighted by Gasteiger charge is -2.10. The lowest BCUT2D eigenvalue weighted by molar-refractivity contribution is -0.145. The largest absolute Gasteiger partial charge is 0.466 e. The molecule has 0 bridgehead atoms. The highest BCUT2D eigenvalue weighted by Gasteiger charge is 2.35. The van der Waals surface area contributed by atoms with E-state index >= 15 is 0 Å². The maximum Gasteiger partial charge on any atom is 0.339 e. The van der Waals surface area contributed by atoms with Gasteiger partial charge in [-0.1, -0.05) is 61.9 Å². The topological polar surface area (TPSA) is 52.6 Å². The molecule has 1 atom stereocenters. The second-order valence-corrected chi connectivity index (χ2v) is 5.81. The Bertz CT molecular complexity index is 737. The lowest BCUT2D eigenvalue weighted by atomic mass is 9.94. The third kappa shape index (κ3) is 3.32. The number of carbonyl (C=O) groups is 2. The number of ether oxygens (including phenoxy) is 2. The Morgan fingerprint density at radius 2 is 1.92 bits per heavy atom. The van der Waals surface area contributed by atoms with Gasteiger partial charge >= 0.3 is 11.9 Å². The van der Waals surface area contributed by atoms with Crippen molar-refractivity contribution < 1.29 is 19.1 Å². The molecule has 0 saturated heterocycles. The van der Waals surface area contributed by atoms with Gasteiger partial charge in [0.2, 0.25) is 0 Å². The molecule has 0 fully saturated rings. The Morgan fingerprint density at radius 3 is 2.67 bits per heavy atom. The fraction of sp³-hybridized carbons (Fsp3) is 0.300. The Morgan fingerprint density at radius 1 is 1.12 bits per heavy atom. The van der Waals surface area contributed by atoms with Crippen molar-refractivity contribution in [2.45, 2.75) is 32.3 Å². The third-order valence-electron chi connectivity index (χ3n) is 4.09. The summed E-state index contributed by atoms with van der Waals surface area (Å²) in [6, 6.07) is 15.3. The van der Waals surface area contributed by atoms with Crippen LogP contribution >= 0.6 is 0 Å². The summed E-state index contributed by atoms with van der Waals surface area (Å²) in [6.07, 6.45) is 1.30. The fourth-order valence-electron chi connectivity index (χ4n) is 2.87. The van der Waals surface area contributed by atoms with Gasteiger partial charge in [0.1, 0.15) is 6.10 Å². The molecule has 0 radical (unpaired) electrons. The molecule has 0 aliphatic carbocycles. The molecule has 1 aliphatic heterocycles. The molecular weight excluding hydrogens is 304 g/mol. The van der Waals surface area contributed by atoms with Crippen molar-refractivity contribution in [1.82, 2.24) is 0 Å². The lowest BCUT2D eigenvalue weighted by Crippen LogP contribution is -2.11. The summed E-state index contributed by atoms with van der Waals surface area (Å²) >= 11 is 0. The molecule has 2 aromatic rings. The predicted octanol–water partition coefficient (Wildman–Crippen LogP) is 4.30. The van der Waals surface area contributed by atoms with Crippen LogP contribution in [-0.4, -0.2) is 18.5 Å². The van der Waals surface area contributed by atoms with Crippen molar-refractivity contribution in [3.8, 4) is 11.1 Å². The minimum Gasteiger partial charge on any atom is -0.466 e. The third-order valence-corrected chi connectivity index (χ3v) is 4.09. The number of hydrogen-bond donors (Lipinski definition) is 0. The average molecular weight is 324 g/mol. The molecule has 2 aromatic carbocycles. The molecule has 4 nitrogen and oxygen atoms in total. The molecule has 0 amide bonds. The van der Waals surface area contributed by atoms with Gasteiger partial charge in [0.15, 0.2) is 0 Å². The van der Waals surface area contributed by atoms with Crippen LogP contribution in [0.3, 0.4) is 0 Å². The Hall–Kier alpha value is -2.62. The summed E-state index contributed by atoms with van der Waals surface area (Å²) in [6.45, 7) is 2.45. The first-order valence-corrected chi connectivity index (χ1v) is 8.25. The van der Waals surface area contributed by atoms with E-state index < -0.39 is 6.10 Å². The number of carbonyl (C=O) groups excluding carboxylic acids is 2. The fourth-order valence-corrected chi connectivity index (χ4v) is 2.87. The van der Waals surface area contributed by atoms with E-state index in [4.69, 9.17) is 9.47 Å². The zero-order valence-electron chi connectivity index (χ0n) is 13.7. The highest BCUT2D eigenvalue weighted by molar-refractivity contribution is 6.01. The van der Waals surface area contributed by atoms with Crippen molar-refractivity contribution in [3.63, 3.8) is 0 Å². The Kier molecular flexibility index (Phi) is 4.94. The van der Waals surface area contributed by atoms with Gasteiger partial charge in [-0.05, 0) is 17.5 Å². The van der Waals surface area contributed by atoms with E-state index in [0.717, 1.165) is 29.5 Å². The van der Waals surface area contributed by atoms with Gasteiger partial charge in [-0.3, -0.25) is 4.79 Å². The molecule has 3 rings (SSSR count). The number of cyclic esters (lactones) is 1. The molecule has 0 saturated carbocycles. The first-order valence-electron chi connectivity index (χ1n) is 8.25. The van der Waals surface area contributed by atoms with E-state index in [0.29, 0.717) is 12.2 Å². The van der Waals surface area contributed by atoms with Gasteiger partial charge in [-0.15, -0.1) is 0 Å². The monoisotopic (exact) mass is 324 g/mol. The summed E-state index contributed by atoms with van der Waals surface area (Å²) in [4.78, 5) is 24.3. The summed E-state index contributed by atoms with van der Waals surface area (Å²) in [5, 5.41) is 0. The van der Waals surface area contributed by atoms with Gasteiger partial charge in [0, 0.05) is 5.56 Å². The van der Waals surface area contributed by atoms with Crippen molar-refractivity contribution >= 4 is 11.9 Å². The summed E-state index contributed by atoms with van der Waals surface area (Å²) in [5.41, 5.74) is 3.10. The second kappa shape index (κ2) is 7.30. The van der Waals surface area contributed by atoms with E-state index in [1.54, 1.807) is 0 Å². The molecule has 1 heterocycles. The van der Waals surface area contributed by atoms with E-state index in [1.165, 1.54) is 0 Å². The molecule has 4 heteroatoms. The number of fused-ring (bicyclic) bond motifs is 1. The number of benzene rings is 2.